The van der Waals surface area contributed by atoms with Gasteiger partial charge >= 0.3 is 0 Å². The number of nitrogens with one attached hydrogen (secondary N) is 1. The predicted octanol–water partition coefficient (Wildman–Crippen LogP) is 2.01. The first-order valence-corrected chi connectivity index (χ1v) is 10.6. The molecule has 2 amide bonds. The summed E-state index contributed by atoms with van der Waals surface area (Å²) in [6.07, 6.45) is 5.33. The van der Waals surface area contributed by atoms with Crippen molar-refractivity contribution in [2.24, 2.45) is 11.8 Å². The number of likely N-dealkylation sites (tertiary alicyclic amines) is 1. The van der Waals surface area contributed by atoms with Crippen LogP contribution >= 0.6 is 24.8 Å². The van der Waals surface area contributed by atoms with E-state index >= 15 is 0 Å². The van der Waals surface area contributed by atoms with Crippen molar-refractivity contribution < 1.29 is 9.59 Å². The van der Waals surface area contributed by atoms with E-state index in [-0.39, 0.29) is 36.8 Å². The molecule has 2 atom stereocenters. The average Bonchev–Trinajstić information content (AvgIpc) is 3.22. The van der Waals surface area contributed by atoms with Gasteiger partial charge in [-0.25, -0.2) is 0 Å². The van der Waals surface area contributed by atoms with Crippen molar-refractivity contribution in [1.29, 1.82) is 0 Å². The van der Waals surface area contributed by atoms with Crippen LogP contribution in [0.15, 0.2) is 0 Å². The van der Waals surface area contributed by atoms with Gasteiger partial charge in [0.25, 0.3) is 0 Å². The topological polar surface area (TPSA) is 55.9 Å². The molecule has 0 radical (unpaired) electrons. The van der Waals surface area contributed by atoms with Gasteiger partial charge in [0.05, 0.1) is 6.04 Å². The summed E-state index contributed by atoms with van der Waals surface area (Å²) >= 11 is 0. The molecule has 3 fully saturated rings. The van der Waals surface area contributed by atoms with Crippen molar-refractivity contribution in [3.8, 4) is 0 Å². The Labute approximate surface area is 182 Å². The number of piperazine rings is 1. The Hall–Kier alpha value is -0.560. The van der Waals surface area contributed by atoms with Gasteiger partial charge in [-0.05, 0) is 57.5 Å². The third-order valence-electron chi connectivity index (χ3n) is 6.67. The molecule has 164 valence electrons. The van der Waals surface area contributed by atoms with Crippen LogP contribution < -0.4 is 5.32 Å². The van der Waals surface area contributed by atoms with Gasteiger partial charge in [0.15, 0.2) is 0 Å². The van der Waals surface area contributed by atoms with E-state index in [9.17, 15) is 9.59 Å². The maximum Gasteiger partial charge on any atom is 0.239 e. The highest BCUT2D eigenvalue weighted by Gasteiger charge is 2.31. The molecular formula is C20H38Cl2N4O2. The molecule has 3 heterocycles. The zero-order chi connectivity index (χ0) is 18.5. The van der Waals surface area contributed by atoms with Crippen LogP contribution in [-0.2, 0) is 9.59 Å². The second-order valence-electron chi connectivity index (χ2n) is 8.39. The van der Waals surface area contributed by atoms with Crippen LogP contribution in [0.25, 0.3) is 0 Å². The molecule has 0 aromatic carbocycles. The van der Waals surface area contributed by atoms with Gasteiger partial charge in [-0.1, -0.05) is 6.92 Å². The molecular weight excluding hydrogens is 399 g/mol. The van der Waals surface area contributed by atoms with Crippen molar-refractivity contribution in [3.05, 3.63) is 0 Å². The number of carbonyl (C=O) groups excluding carboxylic acids is 2. The highest BCUT2D eigenvalue weighted by atomic mass is 35.5. The van der Waals surface area contributed by atoms with Crippen molar-refractivity contribution in [1.82, 2.24) is 20.0 Å². The molecule has 3 rings (SSSR count). The monoisotopic (exact) mass is 436 g/mol. The molecule has 0 aromatic heterocycles. The lowest BCUT2D eigenvalue weighted by Gasteiger charge is -2.39. The predicted molar refractivity (Wildman–Crippen MR) is 117 cm³/mol. The van der Waals surface area contributed by atoms with Crippen molar-refractivity contribution in [2.45, 2.75) is 52.0 Å². The second-order valence-corrected chi connectivity index (χ2v) is 8.39. The largest absolute Gasteiger partial charge is 0.341 e. The van der Waals surface area contributed by atoms with E-state index in [1.54, 1.807) is 0 Å². The average molecular weight is 437 g/mol. The zero-order valence-corrected chi connectivity index (χ0v) is 19.0. The molecule has 0 bridgehead atoms. The molecule has 0 saturated carbocycles. The minimum atomic E-state index is -0.0565. The summed E-state index contributed by atoms with van der Waals surface area (Å²) in [4.78, 5) is 31.5. The zero-order valence-electron chi connectivity index (χ0n) is 17.4. The SMILES string of the molecule is CC(CC(=O)N1CCN(C(C)C(=O)N2CCCC2)CC1)C1CCNCC1.Cl.Cl. The molecule has 3 aliphatic rings. The minimum absolute atomic E-state index is 0. The van der Waals surface area contributed by atoms with E-state index in [1.807, 2.05) is 16.7 Å². The Balaban J connectivity index is 0.00000196. The smallest absolute Gasteiger partial charge is 0.239 e. The third-order valence-corrected chi connectivity index (χ3v) is 6.67. The first kappa shape index (κ1) is 25.5. The Bertz CT molecular complexity index is 489. The number of nitrogens with zero attached hydrogens (tertiary/aromatic N) is 3. The number of piperidine rings is 1. The maximum atomic E-state index is 12.7. The van der Waals surface area contributed by atoms with Crippen molar-refractivity contribution in [2.75, 3.05) is 52.4 Å². The number of amides is 2. The first-order chi connectivity index (χ1) is 12.6. The quantitative estimate of drug-likeness (QED) is 0.715. The van der Waals surface area contributed by atoms with E-state index in [1.165, 1.54) is 12.8 Å². The molecule has 0 spiro atoms. The van der Waals surface area contributed by atoms with E-state index in [2.05, 4.69) is 17.1 Å². The normalized spacial score (nSPS) is 23.5. The lowest BCUT2D eigenvalue weighted by atomic mass is 9.84. The fourth-order valence-corrected chi connectivity index (χ4v) is 4.70. The lowest BCUT2D eigenvalue weighted by Crippen LogP contribution is -2.55. The molecule has 3 saturated heterocycles. The summed E-state index contributed by atoms with van der Waals surface area (Å²) < 4.78 is 0. The summed E-state index contributed by atoms with van der Waals surface area (Å²) in [5.41, 5.74) is 0. The van der Waals surface area contributed by atoms with Crippen LogP contribution in [0.2, 0.25) is 0 Å². The van der Waals surface area contributed by atoms with Gasteiger partial charge in [0.2, 0.25) is 11.8 Å². The van der Waals surface area contributed by atoms with E-state index < -0.39 is 0 Å². The van der Waals surface area contributed by atoms with E-state index in [0.29, 0.717) is 24.2 Å². The van der Waals surface area contributed by atoms with E-state index in [4.69, 9.17) is 0 Å². The number of carbonyl (C=O) groups is 2. The summed E-state index contributed by atoms with van der Waals surface area (Å²) in [7, 11) is 0. The minimum Gasteiger partial charge on any atom is -0.341 e. The van der Waals surface area contributed by atoms with Gasteiger partial charge in [-0.3, -0.25) is 14.5 Å². The molecule has 0 aliphatic carbocycles. The van der Waals surface area contributed by atoms with Gasteiger partial charge in [0.1, 0.15) is 0 Å². The Kier molecular flexibility index (Phi) is 11.1. The molecule has 8 heteroatoms. The fraction of sp³-hybridized carbons (Fsp3) is 0.900. The fourth-order valence-electron chi connectivity index (χ4n) is 4.70. The number of halogens is 2. The Morgan fingerprint density at radius 2 is 1.46 bits per heavy atom. The van der Waals surface area contributed by atoms with Crippen LogP contribution in [-0.4, -0.2) is 84.9 Å². The number of hydrogen-bond donors (Lipinski definition) is 1. The summed E-state index contributed by atoms with van der Waals surface area (Å²) in [5.74, 6) is 1.72. The highest BCUT2D eigenvalue weighted by molar-refractivity contribution is 5.85. The van der Waals surface area contributed by atoms with E-state index in [0.717, 1.165) is 65.2 Å². The number of rotatable bonds is 5. The van der Waals surface area contributed by atoms with Crippen molar-refractivity contribution >= 4 is 36.6 Å². The Morgan fingerprint density at radius 1 is 0.893 bits per heavy atom. The van der Waals surface area contributed by atoms with Crippen molar-refractivity contribution in [3.63, 3.8) is 0 Å². The molecule has 28 heavy (non-hydrogen) atoms. The maximum absolute atomic E-state index is 12.7. The summed E-state index contributed by atoms with van der Waals surface area (Å²) in [5, 5.41) is 3.40. The van der Waals surface area contributed by atoms with Crippen LogP contribution in [0.4, 0.5) is 0 Å². The molecule has 6 nitrogen and oxygen atoms in total. The lowest BCUT2D eigenvalue weighted by molar-refractivity contribution is -0.138. The second kappa shape index (κ2) is 12.2. The van der Waals surface area contributed by atoms with Gasteiger partial charge in [-0.15, -0.1) is 24.8 Å². The van der Waals surface area contributed by atoms with Gasteiger partial charge in [0, 0.05) is 45.7 Å². The standard InChI is InChI=1S/C20H36N4O2.2ClH/c1-16(18-5-7-21-8-6-18)15-19(25)23-13-11-22(12-14-23)17(2)20(26)24-9-3-4-10-24;;/h16-18,21H,3-15H2,1-2H3;2*1H. The summed E-state index contributed by atoms with van der Waals surface area (Å²) in [6.45, 7) is 11.4. The first-order valence-electron chi connectivity index (χ1n) is 10.6. The van der Waals surface area contributed by atoms with Crippen LogP contribution in [0, 0.1) is 11.8 Å². The van der Waals surface area contributed by atoms with Gasteiger partial charge in [-0.2, -0.15) is 0 Å². The number of hydrogen-bond acceptors (Lipinski definition) is 4. The van der Waals surface area contributed by atoms with Gasteiger partial charge < -0.3 is 15.1 Å². The molecule has 0 aromatic rings. The summed E-state index contributed by atoms with van der Waals surface area (Å²) in [6, 6.07) is -0.0565. The Morgan fingerprint density at radius 3 is 2.04 bits per heavy atom. The third kappa shape index (κ3) is 6.48. The molecule has 3 aliphatic heterocycles. The van der Waals surface area contributed by atoms with Crippen LogP contribution in [0.1, 0.15) is 46.0 Å². The van der Waals surface area contributed by atoms with Crippen LogP contribution in [0.5, 0.6) is 0 Å². The van der Waals surface area contributed by atoms with Crippen LogP contribution in [0.3, 0.4) is 0 Å². The molecule has 2 unspecified atom stereocenters. The highest BCUT2D eigenvalue weighted by Crippen LogP contribution is 2.25. The molecule has 1 N–H and O–H groups in total.